The van der Waals surface area contributed by atoms with Crippen LogP contribution in [0.1, 0.15) is 31.2 Å². The largest absolute Gasteiger partial charge is 0.367 e. The van der Waals surface area contributed by atoms with E-state index >= 15 is 0 Å². The molecule has 6 heteroatoms. The Morgan fingerprint density at radius 1 is 1.19 bits per heavy atom. The topological polar surface area (TPSA) is 51.1 Å². The second-order valence-electron chi connectivity index (χ2n) is 6.53. The van der Waals surface area contributed by atoms with E-state index in [0.29, 0.717) is 0 Å². The average molecular weight is 366 g/mol. The van der Waals surface area contributed by atoms with Gasteiger partial charge in [0.25, 0.3) is 0 Å². The first-order chi connectivity index (χ1) is 12.7. The van der Waals surface area contributed by atoms with Crippen molar-refractivity contribution in [2.75, 3.05) is 18.0 Å². The summed E-state index contributed by atoms with van der Waals surface area (Å²) >= 11 is 1.71. The highest BCUT2D eigenvalue weighted by atomic mass is 32.1. The van der Waals surface area contributed by atoms with E-state index in [1.165, 1.54) is 5.56 Å². The van der Waals surface area contributed by atoms with E-state index in [1.807, 2.05) is 12.1 Å². The fourth-order valence-corrected chi connectivity index (χ4v) is 3.94. The monoisotopic (exact) mass is 366 g/mol. The third kappa shape index (κ3) is 3.61. The highest BCUT2D eigenvalue weighted by Crippen LogP contribution is 2.30. The van der Waals surface area contributed by atoms with Crippen LogP contribution in [0.5, 0.6) is 0 Å². The van der Waals surface area contributed by atoms with Crippen LogP contribution in [-0.4, -0.2) is 34.1 Å². The van der Waals surface area contributed by atoms with Gasteiger partial charge >= 0.3 is 0 Å². The van der Waals surface area contributed by atoms with Crippen LogP contribution in [-0.2, 0) is 11.2 Å². The van der Waals surface area contributed by atoms with Gasteiger partial charge in [-0.3, -0.25) is 4.98 Å². The number of pyridine rings is 1. The van der Waals surface area contributed by atoms with Gasteiger partial charge in [0.15, 0.2) is 5.82 Å². The maximum Gasteiger partial charge on any atom is 0.161 e. The highest BCUT2D eigenvalue weighted by molar-refractivity contribution is 7.07. The minimum Gasteiger partial charge on any atom is -0.367 e. The SMILES string of the molecule is CCc1cc(N2C[C@@H](C)O[C@@H](c3ccsc3)C2)nc(-c2ccncc2)n1. The van der Waals surface area contributed by atoms with Crippen LogP contribution in [0.15, 0.2) is 47.4 Å². The van der Waals surface area contributed by atoms with Gasteiger partial charge in [0.2, 0.25) is 0 Å². The second kappa shape index (κ2) is 7.51. The zero-order chi connectivity index (χ0) is 17.9. The minimum absolute atomic E-state index is 0.0782. The van der Waals surface area contributed by atoms with E-state index in [4.69, 9.17) is 14.7 Å². The zero-order valence-electron chi connectivity index (χ0n) is 15.0. The summed E-state index contributed by atoms with van der Waals surface area (Å²) in [7, 11) is 0. The summed E-state index contributed by atoms with van der Waals surface area (Å²) in [5.41, 5.74) is 3.28. The van der Waals surface area contributed by atoms with E-state index in [9.17, 15) is 0 Å². The molecule has 0 saturated carbocycles. The lowest BCUT2D eigenvalue weighted by Gasteiger charge is -2.37. The Kier molecular flexibility index (Phi) is 4.95. The molecule has 4 heterocycles. The number of nitrogens with zero attached hydrogens (tertiary/aromatic N) is 4. The Bertz CT molecular complexity index is 854. The molecule has 134 valence electrons. The number of aromatic nitrogens is 3. The fourth-order valence-electron chi connectivity index (χ4n) is 3.24. The van der Waals surface area contributed by atoms with Crippen molar-refractivity contribution < 1.29 is 4.74 Å². The van der Waals surface area contributed by atoms with Crippen molar-refractivity contribution in [2.24, 2.45) is 0 Å². The number of hydrogen-bond acceptors (Lipinski definition) is 6. The number of rotatable bonds is 4. The van der Waals surface area contributed by atoms with Crippen LogP contribution in [0.4, 0.5) is 5.82 Å². The number of morpholine rings is 1. The molecule has 1 fully saturated rings. The zero-order valence-corrected chi connectivity index (χ0v) is 15.8. The first-order valence-electron chi connectivity index (χ1n) is 8.93. The van der Waals surface area contributed by atoms with Gasteiger partial charge in [-0.25, -0.2) is 9.97 Å². The Morgan fingerprint density at radius 3 is 2.77 bits per heavy atom. The maximum absolute atomic E-state index is 6.17. The van der Waals surface area contributed by atoms with Crippen LogP contribution in [0.2, 0.25) is 0 Å². The van der Waals surface area contributed by atoms with Crippen LogP contribution in [0, 0.1) is 0 Å². The van der Waals surface area contributed by atoms with Gasteiger partial charge in [0.1, 0.15) is 11.9 Å². The molecular weight excluding hydrogens is 344 g/mol. The normalized spacial score (nSPS) is 20.3. The lowest BCUT2D eigenvalue weighted by atomic mass is 10.1. The van der Waals surface area contributed by atoms with Crippen molar-refractivity contribution in [3.8, 4) is 11.4 Å². The standard InChI is InChI=1S/C20H22N4OS/c1-3-17-10-19(23-20(22-17)15-4-7-21-8-5-15)24-11-14(2)25-18(12-24)16-6-9-26-13-16/h4-10,13-14,18H,3,11-12H2,1-2H3/t14-,18-/m1/s1. The molecule has 3 aromatic rings. The Hall–Kier alpha value is -2.31. The van der Waals surface area contributed by atoms with E-state index in [2.05, 4.69) is 46.6 Å². The van der Waals surface area contributed by atoms with Gasteiger partial charge in [-0.2, -0.15) is 11.3 Å². The van der Waals surface area contributed by atoms with Gasteiger partial charge in [-0.05, 0) is 47.9 Å². The maximum atomic E-state index is 6.17. The number of thiophene rings is 1. The molecule has 1 aliphatic rings. The molecule has 4 rings (SSSR count). The van der Waals surface area contributed by atoms with Crippen LogP contribution < -0.4 is 4.90 Å². The molecule has 3 aromatic heterocycles. The summed E-state index contributed by atoms with van der Waals surface area (Å²) in [6.45, 7) is 5.88. The average Bonchev–Trinajstić information content (AvgIpc) is 3.23. The minimum atomic E-state index is 0.0782. The Balaban J connectivity index is 1.67. The summed E-state index contributed by atoms with van der Waals surface area (Å²) in [6, 6.07) is 8.15. The lowest BCUT2D eigenvalue weighted by molar-refractivity contribution is -0.0174. The molecule has 2 atom stereocenters. The summed E-state index contributed by atoms with van der Waals surface area (Å²) in [5.74, 6) is 1.73. The van der Waals surface area contributed by atoms with Gasteiger partial charge in [-0.15, -0.1) is 0 Å². The summed E-state index contributed by atoms with van der Waals surface area (Å²) in [4.78, 5) is 16.0. The third-order valence-corrected chi connectivity index (χ3v) is 5.27. The van der Waals surface area contributed by atoms with Gasteiger partial charge < -0.3 is 9.64 Å². The molecule has 1 saturated heterocycles. The lowest BCUT2D eigenvalue weighted by Crippen LogP contribution is -2.43. The summed E-state index contributed by atoms with van der Waals surface area (Å²) < 4.78 is 6.17. The Morgan fingerprint density at radius 2 is 2.04 bits per heavy atom. The predicted molar refractivity (Wildman–Crippen MR) is 104 cm³/mol. The predicted octanol–water partition coefficient (Wildman–Crippen LogP) is 4.13. The van der Waals surface area contributed by atoms with Crippen molar-refractivity contribution in [1.82, 2.24) is 15.0 Å². The molecule has 0 spiro atoms. The third-order valence-electron chi connectivity index (χ3n) is 4.57. The molecule has 0 N–H and O–H groups in total. The molecule has 0 bridgehead atoms. The Labute approximate surface area is 157 Å². The van der Waals surface area contributed by atoms with E-state index in [1.54, 1.807) is 23.7 Å². The van der Waals surface area contributed by atoms with Crippen LogP contribution in [0.3, 0.4) is 0 Å². The fraction of sp³-hybridized carbons (Fsp3) is 0.350. The first-order valence-corrected chi connectivity index (χ1v) is 9.88. The number of hydrogen-bond donors (Lipinski definition) is 0. The molecule has 26 heavy (non-hydrogen) atoms. The van der Waals surface area contributed by atoms with Crippen molar-refractivity contribution in [3.63, 3.8) is 0 Å². The molecule has 0 aromatic carbocycles. The van der Waals surface area contributed by atoms with E-state index in [0.717, 1.165) is 42.4 Å². The molecule has 1 aliphatic heterocycles. The van der Waals surface area contributed by atoms with Crippen molar-refractivity contribution in [3.05, 3.63) is 58.7 Å². The van der Waals surface area contributed by atoms with Crippen LogP contribution in [0.25, 0.3) is 11.4 Å². The van der Waals surface area contributed by atoms with Gasteiger partial charge in [0, 0.05) is 42.8 Å². The van der Waals surface area contributed by atoms with Crippen LogP contribution >= 0.6 is 11.3 Å². The van der Waals surface area contributed by atoms with Crippen molar-refractivity contribution in [2.45, 2.75) is 32.5 Å². The number of anilines is 1. The quantitative estimate of drug-likeness (QED) is 0.695. The van der Waals surface area contributed by atoms with Crippen molar-refractivity contribution >= 4 is 17.2 Å². The summed E-state index contributed by atoms with van der Waals surface area (Å²) in [5, 5.41) is 4.27. The molecule has 0 unspecified atom stereocenters. The molecular formula is C20H22N4OS. The van der Waals surface area contributed by atoms with Gasteiger partial charge in [0.05, 0.1) is 6.10 Å². The first kappa shape index (κ1) is 17.1. The van der Waals surface area contributed by atoms with Crippen molar-refractivity contribution in [1.29, 1.82) is 0 Å². The molecule has 0 aliphatic carbocycles. The summed E-state index contributed by atoms with van der Waals surface area (Å²) in [6.07, 6.45) is 4.66. The van der Waals surface area contributed by atoms with E-state index in [-0.39, 0.29) is 12.2 Å². The number of ether oxygens (including phenoxy) is 1. The molecule has 0 amide bonds. The van der Waals surface area contributed by atoms with E-state index < -0.39 is 0 Å². The molecule has 0 radical (unpaired) electrons. The smallest absolute Gasteiger partial charge is 0.161 e. The number of aryl methyl sites for hydroxylation is 1. The highest BCUT2D eigenvalue weighted by Gasteiger charge is 2.28. The van der Waals surface area contributed by atoms with Gasteiger partial charge in [-0.1, -0.05) is 6.92 Å². The molecule has 5 nitrogen and oxygen atoms in total. The second-order valence-corrected chi connectivity index (χ2v) is 7.31.